The Bertz CT molecular complexity index is 1960. The summed E-state index contributed by atoms with van der Waals surface area (Å²) < 4.78 is 44.0. The average molecular weight is 576 g/mol. The molecule has 0 atom stereocenters. The number of fused-ring (bicyclic) bond motifs is 3. The second-order valence-electron chi connectivity index (χ2n) is 10.0. The van der Waals surface area contributed by atoms with E-state index in [-0.39, 0.29) is 40.0 Å². The highest BCUT2D eigenvalue weighted by atomic mass is 19.4. The smallest absolute Gasteiger partial charge is 0.368 e. The van der Waals surface area contributed by atoms with Gasteiger partial charge >= 0.3 is 11.9 Å². The van der Waals surface area contributed by atoms with Crippen LogP contribution in [0.15, 0.2) is 64.4 Å². The van der Waals surface area contributed by atoms with Gasteiger partial charge in [-0.2, -0.15) is 13.2 Å². The van der Waals surface area contributed by atoms with E-state index in [0.717, 1.165) is 10.6 Å². The minimum atomic E-state index is -4.70. The van der Waals surface area contributed by atoms with Gasteiger partial charge < -0.3 is 10.2 Å². The van der Waals surface area contributed by atoms with Crippen LogP contribution in [0.2, 0.25) is 0 Å². The van der Waals surface area contributed by atoms with Crippen LogP contribution in [0.25, 0.3) is 38.9 Å². The van der Waals surface area contributed by atoms with Crippen LogP contribution in [0.3, 0.4) is 0 Å². The van der Waals surface area contributed by atoms with E-state index < -0.39 is 23.0 Å². The fourth-order valence-electron chi connectivity index (χ4n) is 5.18. The van der Waals surface area contributed by atoms with Crippen molar-refractivity contribution >= 4 is 33.4 Å². The van der Waals surface area contributed by atoms with Gasteiger partial charge in [0, 0.05) is 61.9 Å². The van der Waals surface area contributed by atoms with Gasteiger partial charge in [0.15, 0.2) is 0 Å². The summed E-state index contributed by atoms with van der Waals surface area (Å²) in [5.41, 5.74) is -0.476. The normalized spacial score (nSPS) is 14.0. The first-order valence-electron chi connectivity index (χ1n) is 13.2. The Labute approximate surface area is 235 Å². The van der Waals surface area contributed by atoms with E-state index in [2.05, 4.69) is 25.3 Å². The second-order valence-corrected chi connectivity index (χ2v) is 10.0. The fourth-order valence-corrected chi connectivity index (χ4v) is 5.18. The maximum atomic E-state index is 14.3. The number of ketones is 1. The zero-order valence-electron chi connectivity index (χ0n) is 22.3. The summed E-state index contributed by atoms with van der Waals surface area (Å²) in [6, 6.07) is 10.5. The van der Waals surface area contributed by atoms with Crippen molar-refractivity contribution in [1.29, 1.82) is 0 Å². The number of aromatic amines is 1. The number of carbonyl (C=O) groups excluding carboxylic acids is 1. The zero-order valence-corrected chi connectivity index (χ0v) is 22.3. The largest absolute Gasteiger partial charge is 0.418 e. The molecule has 2 N–H and O–H groups in total. The van der Waals surface area contributed by atoms with Crippen molar-refractivity contribution in [1.82, 2.24) is 29.8 Å². The molecule has 0 bridgehead atoms. The number of hydrogen-bond donors (Lipinski definition) is 2. The van der Waals surface area contributed by atoms with Crippen LogP contribution in [-0.4, -0.2) is 56.5 Å². The standard InChI is InChI=1S/C29H24F3N7O3/c1-16(40)12-18-3-2-17(14-34-18)22-5-6-23-25(36-22)26-20(15-35-23)27(41)37-28(42)39(26)19-4-7-24(21(13-19)29(30,31)32)38-10-8-33-9-11-38/h2-7,13-15,33H,8-12H2,1H3,(H,37,41,42). The topological polar surface area (TPSA) is 126 Å². The van der Waals surface area contributed by atoms with E-state index in [9.17, 15) is 27.6 Å². The molecule has 0 amide bonds. The zero-order chi connectivity index (χ0) is 29.6. The molecule has 1 saturated heterocycles. The number of piperazine rings is 1. The highest BCUT2D eigenvalue weighted by Crippen LogP contribution is 2.38. The van der Waals surface area contributed by atoms with E-state index in [4.69, 9.17) is 0 Å². The van der Waals surface area contributed by atoms with E-state index in [1.54, 1.807) is 35.4 Å². The van der Waals surface area contributed by atoms with Crippen LogP contribution in [0.4, 0.5) is 18.9 Å². The van der Waals surface area contributed by atoms with Gasteiger partial charge in [-0.3, -0.25) is 29.1 Å². The number of Topliss-reactive ketones (excluding diaryl/α,β-unsaturated/α-hetero) is 1. The van der Waals surface area contributed by atoms with Crippen molar-refractivity contribution in [2.24, 2.45) is 0 Å². The van der Waals surface area contributed by atoms with Crippen molar-refractivity contribution in [2.45, 2.75) is 19.5 Å². The van der Waals surface area contributed by atoms with Crippen molar-refractivity contribution in [3.05, 3.63) is 87.0 Å². The molecule has 1 aliphatic heterocycles. The number of aromatic nitrogens is 5. The molecule has 6 rings (SSSR count). The molecule has 42 heavy (non-hydrogen) atoms. The summed E-state index contributed by atoms with van der Waals surface area (Å²) >= 11 is 0. The molecule has 13 heteroatoms. The second kappa shape index (κ2) is 10.5. The Hall–Kier alpha value is -4.91. The molecule has 5 aromatic rings. The van der Waals surface area contributed by atoms with E-state index in [1.165, 1.54) is 25.3 Å². The minimum absolute atomic E-state index is 0.0126. The highest BCUT2D eigenvalue weighted by Gasteiger charge is 2.36. The molecule has 1 fully saturated rings. The number of nitrogens with one attached hydrogen (secondary N) is 2. The van der Waals surface area contributed by atoms with Crippen molar-refractivity contribution in [3.8, 4) is 16.9 Å². The molecule has 0 spiro atoms. The Morgan fingerprint density at radius 2 is 1.79 bits per heavy atom. The third-order valence-corrected chi connectivity index (χ3v) is 7.13. The summed E-state index contributed by atoms with van der Waals surface area (Å²) in [5.74, 6) is -0.0329. The lowest BCUT2D eigenvalue weighted by Crippen LogP contribution is -2.44. The van der Waals surface area contributed by atoms with Gasteiger partial charge in [-0.25, -0.2) is 9.78 Å². The molecule has 0 unspecified atom stereocenters. The predicted octanol–water partition coefficient (Wildman–Crippen LogP) is 3.24. The average Bonchev–Trinajstić information content (AvgIpc) is 2.97. The SMILES string of the molecule is CC(=O)Cc1ccc(-c2ccc3ncc4c(=O)[nH]c(=O)n(-c5ccc(N6CCNCC6)c(C(F)(F)F)c5)c4c3n2)cn1. The third-order valence-electron chi connectivity index (χ3n) is 7.13. The number of hydrogen-bond acceptors (Lipinski definition) is 8. The van der Waals surface area contributed by atoms with Crippen LogP contribution in [0, 0.1) is 0 Å². The first-order chi connectivity index (χ1) is 20.1. The number of H-pyrrole nitrogens is 1. The van der Waals surface area contributed by atoms with Crippen molar-refractivity contribution in [3.63, 3.8) is 0 Å². The Morgan fingerprint density at radius 1 is 1.00 bits per heavy atom. The lowest BCUT2D eigenvalue weighted by molar-refractivity contribution is -0.137. The number of rotatable bonds is 5. The molecule has 1 aliphatic rings. The van der Waals surface area contributed by atoms with Crippen LogP contribution < -0.4 is 21.5 Å². The lowest BCUT2D eigenvalue weighted by Gasteiger charge is -2.31. The number of anilines is 1. The van der Waals surface area contributed by atoms with Gasteiger partial charge in [-0.15, -0.1) is 0 Å². The Kier molecular flexibility index (Phi) is 6.81. The monoisotopic (exact) mass is 575 g/mol. The maximum Gasteiger partial charge on any atom is 0.418 e. The van der Waals surface area contributed by atoms with Crippen LogP contribution in [-0.2, 0) is 17.4 Å². The van der Waals surface area contributed by atoms with Crippen LogP contribution >= 0.6 is 0 Å². The van der Waals surface area contributed by atoms with Gasteiger partial charge in [0.1, 0.15) is 11.3 Å². The molecule has 0 aliphatic carbocycles. The van der Waals surface area contributed by atoms with Crippen LogP contribution in [0.5, 0.6) is 0 Å². The third kappa shape index (κ3) is 5.02. The van der Waals surface area contributed by atoms with Crippen LogP contribution in [0.1, 0.15) is 18.2 Å². The molecule has 214 valence electrons. The van der Waals surface area contributed by atoms with Gasteiger partial charge in [0.25, 0.3) is 5.56 Å². The minimum Gasteiger partial charge on any atom is -0.368 e. The Balaban J connectivity index is 1.57. The molecule has 5 heterocycles. The lowest BCUT2D eigenvalue weighted by atomic mass is 10.1. The number of benzene rings is 1. The van der Waals surface area contributed by atoms with Gasteiger partial charge in [-0.1, -0.05) is 0 Å². The first kappa shape index (κ1) is 27.3. The predicted molar refractivity (Wildman–Crippen MR) is 151 cm³/mol. The molecule has 0 saturated carbocycles. The fraction of sp³-hybridized carbons (Fsp3) is 0.241. The number of alkyl halides is 3. The summed E-state index contributed by atoms with van der Waals surface area (Å²) in [4.78, 5) is 54.6. The van der Waals surface area contributed by atoms with E-state index in [1.807, 2.05) is 0 Å². The molecule has 1 aromatic carbocycles. The number of pyridine rings is 3. The highest BCUT2D eigenvalue weighted by molar-refractivity contribution is 6.01. The molecular weight excluding hydrogens is 551 g/mol. The first-order valence-corrected chi connectivity index (χ1v) is 13.2. The van der Waals surface area contributed by atoms with E-state index >= 15 is 0 Å². The number of nitrogens with zero attached hydrogens (tertiary/aromatic N) is 5. The summed E-state index contributed by atoms with van der Waals surface area (Å²) in [6.45, 7) is 3.36. The summed E-state index contributed by atoms with van der Waals surface area (Å²) in [6.07, 6.45) is -1.70. The Morgan fingerprint density at radius 3 is 2.48 bits per heavy atom. The summed E-state index contributed by atoms with van der Waals surface area (Å²) in [5, 5.41) is 3.11. The summed E-state index contributed by atoms with van der Waals surface area (Å²) in [7, 11) is 0. The molecule has 0 radical (unpaired) electrons. The van der Waals surface area contributed by atoms with Gasteiger partial charge in [0.2, 0.25) is 0 Å². The quantitative estimate of drug-likeness (QED) is 0.306. The van der Waals surface area contributed by atoms with Gasteiger partial charge in [0.05, 0.1) is 33.4 Å². The van der Waals surface area contributed by atoms with Gasteiger partial charge in [-0.05, 0) is 49.4 Å². The van der Waals surface area contributed by atoms with Crippen molar-refractivity contribution < 1.29 is 18.0 Å². The van der Waals surface area contributed by atoms with Crippen molar-refractivity contribution in [2.75, 3.05) is 31.1 Å². The molecule has 10 nitrogen and oxygen atoms in total. The maximum absolute atomic E-state index is 14.3. The number of carbonyl (C=O) groups is 1. The number of halogens is 3. The van der Waals surface area contributed by atoms with E-state index in [0.29, 0.717) is 48.6 Å². The molecule has 4 aromatic heterocycles. The molecular formula is C29H24F3N7O3.